The van der Waals surface area contributed by atoms with Crippen LogP contribution in [0.3, 0.4) is 0 Å². The standard InChI is InChI=1S/C12H18N4O2/c1-9-6-11(16(17)18)12(14-7-9)15(2)10-4-3-5-13-8-10/h6-7,10,13H,3-5,8H2,1-2H3. The zero-order chi connectivity index (χ0) is 13.1. The molecular weight excluding hydrogens is 232 g/mol. The summed E-state index contributed by atoms with van der Waals surface area (Å²) < 4.78 is 0. The second-order valence-corrected chi connectivity index (χ2v) is 4.72. The Balaban J connectivity index is 2.28. The molecule has 1 aromatic heterocycles. The van der Waals surface area contributed by atoms with E-state index in [1.807, 2.05) is 18.9 Å². The van der Waals surface area contributed by atoms with E-state index in [1.54, 1.807) is 12.3 Å². The number of nitro groups is 1. The number of pyridine rings is 1. The van der Waals surface area contributed by atoms with Crippen LogP contribution >= 0.6 is 0 Å². The van der Waals surface area contributed by atoms with Crippen LogP contribution in [0, 0.1) is 17.0 Å². The first-order chi connectivity index (χ1) is 8.59. The maximum Gasteiger partial charge on any atom is 0.311 e. The molecule has 98 valence electrons. The van der Waals surface area contributed by atoms with E-state index in [9.17, 15) is 10.1 Å². The average molecular weight is 250 g/mol. The summed E-state index contributed by atoms with van der Waals surface area (Å²) in [4.78, 5) is 16.9. The molecule has 2 heterocycles. The Morgan fingerprint density at radius 2 is 2.39 bits per heavy atom. The fraction of sp³-hybridized carbons (Fsp3) is 0.583. The van der Waals surface area contributed by atoms with Gasteiger partial charge in [0.05, 0.1) is 4.92 Å². The first kappa shape index (κ1) is 12.8. The van der Waals surface area contributed by atoms with Gasteiger partial charge in [-0.05, 0) is 31.9 Å². The maximum atomic E-state index is 11.1. The van der Waals surface area contributed by atoms with Gasteiger partial charge in [0.1, 0.15) is 0 Å². The molecule has 0 radical (unpaired) electrons. The summed E-state index contributed by atoms with van der Waals surface area (Å²) in [6.45, 7) is 3.68. The SMILES string of the molecule is Cc1cnc(N(C)C2CCCNC2)c([N+](=O)[O-])c1. The number of likely N-dealkylation sites (N-methyl/N-ethyl adjacent to an activating group) is 1. The van der Waals surface area contributed by atoms with Crippen molar-refractivity contribution in [2.24, 2.45) is 0 Å². The zero-order valence-corrected chi connectivity index (χ0v) is 10.7. The fourth-order valence-electron chi connectivity index (χ4n) is 2.29. The van der Waals surface area contributed by atoms with E-state index < -0.39 is 0 Å². The van der Waals surface area contributed by atoms with Gasteiger partial charge in [-0.25, -0.2) is 4.98 Å². The summed E-state index contributed by atoms with van der Waals surface area (Å²) in [5, 5.41) is 14.4. The molecule has 6 nitrogen and oxygen atoms in total. The van der Waals surface area contributed by atoms with E-state index >= 15 is 0 Å². The van der Waals surface area contributed by atoms with Crippen molar-refractivity contribution in [1.29, 1.82) is 0 Å². The molecule has 1 aliphatic rings. The molecule has 0 spiro atoms. The van der Waals surface area contributed by atoms with Gasteiger partial charge in [0.2, 0.25) is 5.82 Å². The first-order valence-corrected chi connectivity index (χ1v) is 6.14. The number of aromatic nitrogens is 1. The number of nitrogens with zero attached hydrogens (tertiary/aromatic N) is 3. The van der Waals surface area contributed by atoms with Crippen molar-refractivity contribution in [2.45, 2.75) is 25.8 Å². The van der Waals surface area contributed by atoms with Crippen LogP contribution in [0.15, 0.2) is 12.3 Å². The van der Waals surface area contributed by atoms with Crippen molar-refractivity contribution in [3.8, 4) is 0 Å². The van der Waals surface area contributed by atoms with Crippen molar-refractivity contribution in [1.82, 2.24) is 10.3 Å². The average Bonchev–Trinajstić information content (AvgIpc) is 2.39. The molecule has 1 aliphatic heterocycles. The summed E-state index contributed by atoms with van der Waals surface area (Å²) in [6.07, 6.45) is 3.81. The van der Waals surface area contributed by atoms with E-state index in [1.165, 1.54) is 0 Å². The second-order valence-electron chi connectivity index (χ2n) is 4.72. The predicted molar refractivity (Wildman–Crippen MR) is 69.9 cm³/mol. The maximum absolute atomic E-state index is 11.1. The van der Waals surface area contributed by atoms with E-state index in [-0.39, 0.29) is 16.7 Å². The number of nitrogens with one attached hydrogen (secondary N) is 1. The summed E-state index contributed by atoms with van der Waals surface area (Å²) >= 11 is 0. The molecule has 1 saturated heterocycles. The molecule has 0 saturated carbocycles. The monoisotopic (exact) mass is 250 g/mol. The molecule has 2 rings (SSSR count). The highest BCUT2D eigenvalue weighted by atomic mass is 16.6. The Kier molecular flexibility index (Phi) is 3.76. The van der Waals surface area contributed by atoms with Crippen LogP contribution < -0.4 is 10.2 Å². The van der Waals surface area contributed by atoms with Gasteiger partial charge < -0.3 is 10.2 Å². The van der Waals surface area contributed by atoms with Gasteiger partial charge in [0.15, 0.2) is 0 Å². The van der Waals surface area contributed by atoms with Gasteiger partial charge in [0.25, 0.3) is 0 Å². The van der Waals surface area contributed by atoms with Crippen molar-refractivity contribution in [3.63, 3.8) is 0 Å². The van der Waals surface area contributed by atoms with Gasteiger partial charge in [-0.2, -0.15) is 0 Å². The Hall–Kier alpha value is -1.69. The summed E-state index contributed by atoms with van der Waals surface area (Å²) in [5.41, 5.74) is 0.892. The van der Waals surface area contributed by atoms with Crippen molar-refractivity contribution >= 4 is 11.5 Å². The Morgan fingerprint density at radius 1 is 1.61 bits per heavy atom. The van der Waals surface area contributed by atoms with Crippen molar-refractivity contribution in [3.05, 3.63) is 27.9 Å². The Labute approximate surface area is 106 Å². The minimum absolute atomic E-state index is 0.0862. The molecule has 1 fully saturated rings. The van der Waals surface area contributed by atoms with Crippen LogP contribution in [0.5, 0.6) is 0 Å². The van der Waals surface area contributed by atoms with Crippen molar-refractivity contribution < 1.29 is 4.92 Å². The normalized spacial score (nSPS) is 19.6. The topological polar surface area (TPSA) is 71.3 Å². The van der Waals surface area contributed by atoms with Crippen LogP contribution in [0.25, 0.3) is 0 Å². The van der Waals surface area contributed by atoms with Gasteiger partial charge in [-0.3, -0.25) is 10.1 Å². The summed E-state index contributed by atoms with van der Waals surface area (Å²) in [6, 6.07) is 1.85. The molecule has 1 unspecified atom stereocenters. The van der Waals surface area contributed by atoms with Gasteiger partial charge in [0, 0.05) is 31.9 Å². The lowest BCUT2D eigenvalue weighted by molar-refractivity contribution is -0.384. The Morgan fingerprint density at radius 3 is 3.00 bits per heavy atom. The highest BCUT2D eigenvalue weighted by molar-refractivity contribution is 5.58. The number of aryl methyl sites for hydroxylation is 1. The van der Waals surface area contributed by atoms with Crippen LogP contribution in [0.2, 0.25) is 0 Å². The van der Waals surface area contributed by atoms with Gasteiger partial charge in [-0.1, -0.05) is 0 Å². The lowest BCUT2D eigenvalue weighted by atomic mass is 10.1. The molecule has 0 aliphatic carbocycles. The largest absolute Gasteiger partial charge is 0.350 e. The molecule has 0 aromatic carbocycles. The van der Waals surface area contributed by atoms with E-state index in [4.69, 9.17) is 0 Å². The predicted octanol–water partition coefficient (Wildman–Crippen LogP) is 1.49. The molecule has 1 N–H and O–H groups in total. The molecule has 1 atom stereocenters. The number of hydrogen-bond acceptors (Lipinski definition) is 5. The van der Waals surface area contributed by atoms with Gasteiger partial charge >= 0.3 is 5.69 Å². The van der Waals surface area contributed by atoms with E-state index in [2.05, 4.69) is 10.3 Å². The molecule has 6 heteroatoms. The highest BCUT2D eigenvalue weighted by Gasteiger charge is 2.25. The van der Waals surface area contributed by atoms with Crippen LogP contribution in [-0.4, -0.2) is 36.1 Å². The number of anilines is 1. The smallest absolute Gasteiger partial charge is 0.311 e. The van der Waals surface area contributed by atoms with Gasteiger partial charge in [-0.15, -0.1) is 0 Å². The second kappa shape index (κ2) is 5.30. The minimum atomic E-state index is -0.359. The third-order valence-corrected chi connectivity index (χ3v) is 3.33. The summed E-state index contributed by atoms with van der Waals surface area (Å²) in [5.74, 6) is 0.458. The molecular formula is C12H18N4O2. The van der Waals surface area contributed by atoms with E-state index in [0.717, 1.165) is 31.5 Å². The molecule has 0 bridgehead atoms. The molecule has 18 heavy (non-hydrogen) atoms. The lowest BCUT2D eigenvalue weighted by Gasteiger charge is -2.32. The molecule has 0 amide bonds. The van der Waals surface area contributed by atoms with E-state index in [0.29, 0.717) is 5.82 Å². The van der Waals surface area contributed by atoms with Crippen LogP contribution in [0.4, 0.5) is 11.5 Å². The third kappa shape index (κ3) is 2.59. The van der Waals surface area contributed by atoms with Crippen LogP contribution in [-0.2, 0) is 0 Å². The zero-order valence-electron chi connectivity index (χ0n) is 10.7. The van der Waals surface area contributed by atoms with Crippen LogP contribution in [0.1, 0.15) is 18.4 Å². The third-order valence-electron chi connectivity index (χ3n) is 3.33. The number of piperidine rings is 1. The summed E-state index contributed by atoms with van der Waals surface area (Å²) in [7, 11) is 1.88. The fourth-order valence-corrected chi connectivity index (χ4v) is 2.29. The van der Waals surface area contributed by atoms with Crippen molar-refractivity contribution in [2.75, 3.05) is 25.0 Å². The molecule has 1 aromatic rings. The lowest BCUT2D eigenvalue weighted by Crippen LogP contribution is -2.44. The number of rotatable bonds is 3. The first-order valence-electron chi connectivity index (χ1n) is 6.14. The highest BCUT2D eigenvalue weighted by Crippen LogP contribution is 2.28. The quantitative estimate of drug-likeness (QED) is 0.650. The Bertz CT molecular complexity index is 444. The number of hydrogen-bond donors (Lipinski definition) is 1. The minimum Gasteiger partial charge on any atom is -0.350 e.